The Kier molecular flexibility index (Phi) is 7.53. The van der Waals surface area contributed by atoms with Gasteiger partial charge in [-0.25, -0.2) is 4.68 Å². The molecule has 0 radical (unpaired) electrons. The molecule has 1 N–H and O–H groups in total. The highest BCUT2D eigenvalue weighted by Gasteiger charge is 2.29. The minimum atomic E-state index is -0.0535. The molecule has 2 aromatic carbocycles. The molecule has 2 atom stereocenters. The van der Waals surface area contributed by atoms with Crippen molar-refractivity contribution in [3.8, 4) is 0 Å². The average Bonchev–Trinajstić information content (AvgIpc) is 3.57. The van der Waals surface area contributed by atoms with Gasteiger partial charge in [0.1, 0.15) is 0 Å². The minimum Gasteiger partial charge on any atom is -0.377 e. The summed E-state index contributed by atoms with van der Waals surface area (Å²) in [6.45, 7) is 6.94. The van der Waals surface area contributed by atoms with E-state index in [2.05, 4.69) is 69.6 Å². The molecule has 188 valence electrons. The van der Waals surface area contributed by atoms with E-state index in [-0.39, 0.29) is 17.7 Å². The molecule has 0 spiro atoms. The number of rotatable bonds is 10. The Hall–Kier alpha value is -3.36. The predicted octanol–water partition coefficient (Wildman–Crippen LogP) is 4.20. The summed E-state index contributed by atoms with van der Waals surface area (Å²) in [4.78, 5) is 18.4. The van der Waals surface area contributed by atoms with E-state index in [9.17, 15) is 4.79 Å². The van der Waals surface area contributed by atoms with Crippen LogP contribution in [0.3, 0.4) is 0 Å². The molecule has 1 aliphatic heterocycles. The van der Waals surface area contributed by atoms with Crippen LogP contribution in [0.2, 0.25) is 0 Å². The maximum atomic E-state index is 13.1. The molecule has 8 nitrogen and oxygen atoms in total. The van der Waals surface area contributed by atoms with Crippen molar-refractivity contribution < 1.29 is 4.74 Å². The van der Waals surface area contributed by atoms with Crippen LogP contribution in [0.15, 0.2) is 59.4 Å². The van der Waals surface area contributed by atoms with Crippen LogP contribution >= 0.6 is 0 Å². The van der Waals surface area contributed by atoms with Gasteiger partial charge in [-0.3, -0.25) is 9.69 Å². The molecular weight excluding hydrogens is 452 g/mol. The first-order chi connectivity index (χ1) is 17.6. The molecule has 0 saturated carbocycles. The Morgan fingerprint density at radius 1 is 1.19 bits per heavy atom. The van der Waals surface area contributed by atoms with Crippen molar-refractivity contribution in [2.75, 3.05) is 13.2 Å². The van der Waals surface area contributed by atoms with Crippen molar-refractivity contribution in [2.45, 2.75) is 64.8 Å². The molecule has 4 aromatic rings. The molecule has 0 aliphatic carbocycles. The Bertz CT molecular complexity index is 1340. The molecule has 8 heteroatoms. The van der Waals surface area contributed by atoms with Crippen LogP contribution in [0.1, 0.15) is 54.7 Å². The summed E-state index contributed by atoms with van der Waals surface area (Å²) in [6.07, 6.45) is 3.92. The van der Waals surface area contributed by atoms with Gasteiger partial charge in [-0.2, -0.15) is 0 Å². The minimum absolute atomic E-state index is 0.0346. The largest absolute Gasteiger partial charge is 0.377 e. The Balaban J connectivity index is 1.44. The summed E-state index contributed by atoms with van der Waals surface area (Å²) in [5.74, 6) is 0.833. The number of pyridine rings is 1. The summed E-state index contributed by atoms with van der Waals surface area (Å²) in [5.41, 5.74) is 3.97. The third-order valence-corrected chi connectivity index (χ3v) is 7.05. The highest BCUT2D eigenvalue weighted by atomic mass is 16.5. The molecule has 2 aromatic heterocycles. The van der Waals surface area contributed by atoms with Crippen LogP contribution in [0.4, 0.5) is 0 Å². The zero-order valence-electron chi connectivity index (χ0n) is 21.1. The number of hydrogen-bond donors (Lipinski definition) is 1. The van der Waals surface area contributed by atoms with Crippen molar-refractivity contribution in [3.05, 3.63) is 87.5 Å². The molecule has 3 heterocycles. The zero-order valence-corrected chi connectivity index (χ0v) is 21.1. The summed E-state index contributed by atoms with van der Waals surface area (Å²) >= 11 is 0. The van der Waals surface area contributed by atoms with Gasteiger partial charge in [0.25, 0.3) is 5.56 Å². The Morgan fingerprint density at radius 3 is 2.83 bits per heavy atom. The first-order valence-electron chi connectivity index (χ1n) is 12.9. The van der Waals surface area contributed by atoms with Gasteiger partial charge in [-0.15, -0.1) is 5.10 Å². The lowest BCUT2D eigenvalue weighted by molar-refractivity contribution is 0.0488. The van der Waals surface area contributed by atoms with E-state index < -0.39 is 0 Å². The Labute approximate surface area is 211 Å². The molecule has 36 heavy (non-hydrogen) atoms. The van der Waals surface area contributed by atoms with E-state index in [1.807, 2.05) is 28.9 Å². The number of aryl methyl sites for hydroxylation is 3. The van der Waals surface area contributed by atoms with Gasteiger partial charge in [-0.1, -0.05) is 48.9 Å². The molecule has 0 amide bonds. The summed E-state index contributed by atoms with van der Waals surface area (Å²) in [6, 6.07) is 18.5. The number of hydrogen-bond acceptors (Lipinski definition) is 6. The Morgan fingerprint density at radius 2 is 2.06 bits per heavy atom. The van der Waals surface area contributed by atoms with Crippen LogP contribution in [0.25, 0.3) is 10.9 Å². The van der Waals surface area contributed by atoms with Crippen molar-refractivity contribution in [1.29, 1.82) is 0 Å². The van der Waals surface area contributed by atoms with E-state index in [0.29, 0.717) is 13.1 Å². The number of H-pyrrole nitrogens is 1. The molecule has 1 aliphatic rings. The maximum Gasteiger partial charge on any atom is 0.252 e. The van der Waals surface area contributed by atoms with E-state index in [1.54, 1.807) is 0 Å². The fraction of sp³-hybridized carbons (Fsp3) is 0.429. The van der Waals surface area contributed by atoms with Gasteiger partial charge >= 0.3 is 0 Å². The summed E-state index contributed by atoms with van der Waals surface area (Å²) in [5, 5.41) is 13.8. The number of nitrogens with one attached hydrogen (secondary N) is 1. The van der Waals surface area contributed by atoms with Crippen molar-refractivity contribution in [3.63, 3.8) is 0 Å². The lowest BCUT2D eigenvalue weighted by atomic mass is 10.1. The SMILES string of the molecule is CC[C@H](c1nnnn1CCc1ccccc1)N(Cc1cc2cc(C)ccc2[nH]c1=O)C[C@H]1CCCO1. The third kappa shape index (κ3) is 5.55. The number of fused-ring (bicyclic) bond motifs is 1. The first-order valence-corrected chi connectivity index (χ1v) is 12.9. The van der Waals surface area contributed by atoms with Crippen LogP contribution in [0.5, 0.6) is 0 Å². The maximum absolute atomic E-state index is 13.1. The second-order valence-electron chi connectivity index (χ2n) is 9.70. The number of benzene rings is 2. The highest BCUT2D eigenvalue weighted by Crippen LogP contribution is 2.27. The fourth-order valence-electron chi connectivity index (χ4n) is 5.15. The van der Waals surface area contributed by atoms with Gasteiger partial charge in [-0.05, 0) is 72.2 Å². The lowest BCUT2D eigenvalue weighted by Crippen LogP contribution is -2.37. The number of aromatic nitrogens is 5. The molecule has 1 fully saturated rings. The fourth-order valence-corrected chi connectivity index (χ4v) is 5.15. The van der Waals surface area contributed by atoms with E-state index in [4.69, 9.17) is 4.74 Å². The number of nitrogens with zero attached hydrogens (tertiary/aromatic N) is 5. The van der Waals surface area contributed by atoms with Crippen LogP contribution < -0.4 is 5.56 Å². The van der Waals surface area contributed by atoms with Gasteiger partial charge in [0.2, 0.25) is 0 Å². The summed E-state index contributed by atoms with van der Waals surface area (Å²) in [7, 11) is 0. The second kappa shape index (κ2) is 11.1. The topological polar surface area (TPSA) is 88.9 Å². The van der Waals surface area contributed by atoms with Gasteiger partial charge in [0.15, 0.2) is 5.82 Å². The van der Waals surface area contributed by atoms with E-state index in [1.165, 1.54) is 11.1 Å². The third-order valence-electron chi connectivity index (χ3n) is 7.05. The van der Waals surface area contributed by atoms with Crippen molar-refractivity contribution in [2.24, 2.45) is 0 Å². The predicted molar refractivity (Wildman–Crippen MR) is 140 cm³/mol. The van der Waals surface area contributed by atoms with Crippen LogP contribution in [-0.4, -0.2) is 49.3 Å². The molecular formula is C28H34N6O2. The molecule has 1 saturated heterocycles. The van der Waals surface area contributed by atoms with Crippen molar-refractivity contribution in [1.82, 2.24) is 30.1 Å². The highest BCUT2D eigenvalue weighted by molar-refractivity contribution is 5.79. The van der Waals surface area contributed by atoms with Gasteiger partial charge in [0.05, 0.1) is 12.1 Å². The molecule has 5 rings (SSSR count). The van der Waals surface area contributed by atoms with Crippen LogP contribution in [0, 0.1) is 6.92 Å². The normalized spacial score (nSPS) is 16.7. The van der Waals surface area contributed by atoms with Gasteiger partial charge < -0.3 is 9.72 Å². The smallest absolute Gasteiger partial charge is 0.252 e. The first kappa shape index (κ1) is 24.3. The number of aromatic amines is 1. The summed E-state index contributed by atoms with van der Waals surface area (Å²) < 4.78 is 7.91. The number of ether oxygens (including phenoxy) is 1. The van der Waals surface area contributed by atoms with E-state index >= 15 is 0 Å². The average molecular weight is 487 g/mol. The quantitative estimate of drug-likeness (QED) is 0.361. The second-order valence-corrected chi connectivity index (χ2v) is 9.70. The van der Waals surface area contributed by atoms with Crippen molar-refractivity contribution >= 4 is 10.9 Å². The standard InChI is InChI=1S/C28H34N6O2/c1-3-26(27-30-31-32-34(27)14-13-21-8-5-4-6-9-21)33(19-24-10-7-15-36-24)18-23-17-22-16-20(2)11-12-25(22)29-28(23)35/h4-6,8-9,11-12,16-17,24,26H,3,7,10,13-15,18-19H2,1-2H3,(H,29,35)/t24-,26-/m1/s1. The lowest BCUT2D eigenvalue weighted by Gasteiger charge is -2.32. The molecule has 0 bridgehead atoms. The number of tetrazole rings is 1. The monoisotopic (exact) mass is 486 g/mol. The zero-order chi connectivity index (χ0) is 24.9. The van der Waals surface area contributed by atoms with Gasteiger partial charge in [0, 0.05) is 37.3 Å². The van der Waals surface area contributed by atoms with E-state index in [0.717, 1.165) is 61.1 Å². The molecule has 0 unspecified atom stereocenters. The van der Waals surface area contributed by atoms with Crippen LogP contribution in [-0.2, 0) is 24.2 Å².